The van der Waals surface area contributed by atoms with Gasteiger partial charge in [0.2, 0.25) is 9.76 Å². The number of aromatic nitrogens is 2. The van der Waals surface area contributed by atoms with Crippen molar-refractivity contribution in [2.75, 3.05) is 7.11 Å². The number of H-pyrrole nitrogens is 1. The summed E-state index contributed by atoms with van der Waals surface area (Å²) < 4.78 is 72.1. The molecule has 0 unspecified atom stereocenters. The quantitative estimate of drug-likeness (QED) is 0.115. The zero-order valence-electron chi connectivity index (χ0n) is 22.6. The Hall–Kier alpha value is -3.50. The van der Waals surface area contributed by atoms with Crippen LogP contribution in [-0.4, -0.2) is 32.8 Å². The Kier molecular flexibility index (Phi) is 7.48. The van der Waals surface area contributed by atoms with Gasteiger partial charge in [-0.2, -0.15) is 0 Å². The number of fused-ring (bicyclic) bond motifs is 1. The third-order valence-corrected chi connectivity index (χ3v) is 7.34. The van der Waals surface area contributed by atoms with Gasteiger partial charge in [0.05, 0.1) is 34.9 Å². The van der Waals surface area contributed by atoms with Gasteiger partial charge in [-0.3, -0.25) is 0 Å². The summed E-state index contributed by atoms with van der Waals surface area (Å²) >= 11 is 0. The summed E-state index contributed by atoms with van der Waals surface area (Å²) in [5.41, 5.74) is -0.845. The lowest BCUT2D eigenvalue weighted by Crippen LogP contribution is -2.27. The van der Waals surface area contributed by atoms with Crippen molar-refractivity contribution in [1.82, 2.24) is 9.97 Å². The second-order valence-electron chi connectivity index (χ2n) is 10.8. The van der Waals surface area contributed by atoms with E-state index in [0.717, 1.165) is 5.56 Å². The molecule has 0 saturated heterocycles. The summed E-state index contributed by atoms with van der Waals surface area (Å²) in [5, 5.41) is -0.0419. The molecule has 0 atom stereocenters. The van der Waals surface area contributed by atoms with Crippen LogP contribution < -0.4 is 0 Å². The predicted molar refractivity (Wildman–Crippen MR) is 142 cm³/mol. The standard InChI is InChI=1S/C29H28F4N2O3Si/c1-14-12-17(27(36)37-7)25-18(13-14)34-26(35-25)20-23(32)21(30)19(22(31)24(20)33)15-8-10-16(11-9-15)29(5,6)38-39-28(2,3)4/h8-13H,1-7H3,(H,34,35). The molecular weight excluding hydrogens is 528 g/mol. The molecule has 3 aromatic carbocycles. The molecule has 0 aliphatic rings. The van der Waals surface area contributed by atoms with Crippen molar-refractivity contribution in [3.05, 3.63) is 76.4 Å². The van der Waals surface area contributed by atoms with E-state index in [2.05, 4.69) is 9.97 Å². The number of carbonyl (C=O) groups is 1. The van der Waals surface area contributed by atoms with Gasteiger partial charge in [0.25, 0.3) is 0 Å². The van der Waals surface area contributed by atoms with Crippen molar-refractivity contribution < 1.29 is 31.5 Å². The highest BCUT2D eigenvalue weighted by Crippen LogP contribution is 2.38. The van der Waals surface area contributed by atoms with Gasteiger partial charge in [-0.05, 0) is 54.6 Å². The third-order valence-electron chi connectivity index (χ3n) is 6.12. The van der Waals surface area contributed by atoms with Gasteiger partial charge >= 0.3 is 5.97 Å². The minimum Gasteiger partial charge on any atom is -0.465 e. The van der Waals surface area contributed by atoms with Crippen LogP contribution >= 0.6 is 0 Å². The number of aromatic amines is 1. The molecule has 204 valence electrons. The smallest absolute Gasteiger partial charge is 0.340 e. The molecule has 10 heteroatoms. The molecule has 4 aromatic rings. The van der Waals surface area contributed by atoms with E-state index in [1.807, 2.05) is 34.6 Å². The highest BCUT2D eigenvalue weighted by atomic mass is 28.2. The number of halogens is 4. The summed E-state index contributed by atoms with van der Waals surface area (Å²) in [5.74, 6) is -7.53. The maximum atomic E-state index is 15.3. The molecule has 2 radical (unpaired) electrons. The fraction of sp³-hybridized carbons (Fsp3) is 0.310. The van der Waals surface area contributed by atoms with Gasteiger partial charge in [0.1, 0.15) is 11.3 Å². The number of esters is 1. The second-order valence-corrected chi connectivity index (χ2v) is 12.7. The van der Waals surface area contributed by atoms with E-state index < -0.39 is 51.8 Å². The number of hydrogen-bond acceptors (Lipinski definition) is 4. The predicted octanol–water partition coefficient (Wildman–Crippen LogP) is 7.64. The molecule has 1 N–H and O–H groups in total. The van der Waals surface area contributed by atoms with Crippen LogP contribution in [0.15, 0.2) is 36.4 Å². The van der Waals surface area contributed by atoms with Crippen LogP contribution in [-0.2, 0) is 14.8 Å². The molecule has 0 amide bonds. The van der Waals surface area contributed by atoms with Crippen LogP contribution in [0.25, 0.3) is 33.5 Å². The Balaban J connectivity index is 1.77. The van der Waals surface area contributed by atoms with Gasteiger partial charge in [0.15, 0.2) is 23.3 Å². The van der Waals surface area contributed by atoms with Gasteiger partial charge in [-0.15, -0.1) is 0 Å². The summed E-state index contributed by atoms with van der Waals surface area (Å²) in [4.78, 5) is 18.9. The molecule has 0 fully saturated rings. The third kappa shape index (κ3) is 5.49. The number of rotatable bonds is 6. The van der Waals surface area contributed by atoms with Gasteiger partial charge in [-0.25, -0.2) is 27.3 Å². The maximum Gasteiger partial charge on any atom is 0.340 e. The molecule has 1 aromatic heterocycles. The van der Waals surface area contributed by atoms with Crippen LogP contribution in [0.1, 0.15) is 56.1 Å². The van der Waals surface area contributed by atoms with E-state index in [1.54, 1.807) is 25.1 Å². The molecule has 4 rings (SSSR count). The zero-order valence-corrected chi connectivity index (χ0v) is 23.6. The Morgan fingerprint density at radius 2 is 1.46 bits per heavy atom. The fourth-order valence-corrected chi connectivity index (χ4v) is 4.80. The van der Waals surface area contributed by atoms with E-state index in [4.69, 9.17) is 9.16 Å². The topological polar surface area (TPSA) is 64.2 Å². The Morgan fingerprint density at radius 3 is 2.00 bits per heavy atom. The molecule has 1 heterocycles. The van der Waals surface area contributed by atoms with Crippen LogP contribution in [0.2, 0.25) is 5.04 Å². The highest BCUT2D eigenvalue weighted by molar-refractivity contribution is 6.31. The minimum atomic E-state index is -1.61. The van der Waals surface area contributed by atoms with E-state index >= 15 is 17.6 Å². The van der Waals surface area contributed by atoms with E-state index in [9.17, 15) is 4.79 Å². The first-order chi connectivity index (χ1) is 18.1. The SMILES string of the molecule is COC(=O)c1cc(C)cc2[nH]c(-c3c(F)c(F)c(-c4ccc(C(C)(C)O[Si]C(C)(C)C)cc4)c(F)c3F)nc12. The van der Waals surface area contributed by atoms with E-state index in [0.29, 0.717) is 5.56 Å². The number of methoxy groups -OCH3 is 1. The van der Waals surface area contributed by atoms with Crippen LogP contribution in [0, 0.1) is 30.2 Å². The Labute approximate surface area is 226 Å². The average Bonchev–Trinajstić information content (AvgIpc) is 3.29. The highest BCUT2D eigenvalue weighted by Gasteiger charge is 2.30. The largest absolute Gasteiger partial charge is 0.465 e. The Morgan fingerprint density at radius 1 is 0.897 bits per heavy atom. The van der Waals surface area contributed by atoms with Crippen molar-refractivity contribution in [2.45, 2.75) is 52.2 Å². The number of carbonyl (C=O) groups excluding carboxylic acids is 1. The number of nitrogens with zero attached hydrogens (tertiary/aromatic N) is 1. The van der Waals surface area contributed by atoms with E-state index in [-0.39, 0.29) is 37.0 Å². The molecular formula is C29H28F4N2O3Si. The number of ether oxygens (including phenoxy) is 1. The Bertz CT molecular complexity index is 1550. The number of benzene rings is 3. The zero-order chi connectivity index (χ0) is 28.9. The van der Waals surface area contributed by atoms with Crippen LogP contribution in [0.5, 0.6) is 0 Å². The monoisotopic (exact) mass is 556 g/mol. The maximum absolute atomic E-state index is 15.3. The lowest BCUT2D eigenvalue weighted by Gasteiger charge is -2.29. The first kappa shape index (κ1) is 28.5. The van der Waals surface area contributed by atoms with Crippen molar-refractivity contribution in [3.63, 3.8) is 0 Å². The molecule has 0 aliphatic heterocycles. The number of hydrogen-bond donors (Lipinski definition) is 1. The van der Waals surface area contributed by atoms with Crippen LogP contribution in [0.4, 0.5) is 17.6 Å². The molecule has 0 aliphatic carbocycles. The fourth-order valence-electron chi connectivity index (χ4n) is 4.12. The number of aryl methyl sites for hydroxylation is 1. The molecule has 0 saturated carbocycles. The van der Waals surface area contributed by atoms with Crippen molar-refractivity contribution in [1.29, 1.82) is 0 Å². The lowest BCUT2D eigenvalue weighted by atomic mass is 9.94. The van der Waals surface area contributed by atoms with Crippen molar-refractivity contribution in [2.24, 2.45) is 0 Å². The summed E-state index contributed by atoms with van der Waals surface area (Å²) in [6.07, 6.45) is 0. The number of imidazole rings is 1. The lowest BCUT2D eigenvalue weighted by molar-refractivity contribution is 0.0602. The average molecular weight is 557 g/mol. The van der Waals surface area contributed by atoms with Gasteiger partial charge in [-0.1, -0.05) is 45.0 Å². The van der Waals surface area contributed by atoms with Crippen molar-refractivity contribution in [3.8, 4) is 22.5 Å². The summed E-state index contributed by atoms with van der Waals surface area (Å²) in [6, 6.07) is 9.10. The number of nitrogens with one attached hydrogen (secondary N) is 1. The van der Waals surface area contributed by atoms with Crippen LogP contribution in [0.3, 0.4) is 0 Å². The van der Waals surface area contributed by atoms with E-state index in [1.165, 1.54) is 25.3 Å². The second kappa shape index (κ2) is 10.2. The van der Waals surface area contributed by atoms with Crippen molar-refractivity contribution >= 4 is 26.8 Å². The molecule has 5 nitrogen and oxygen atoms in total. The minimum absolute atomic E-state index is 0.0413. The normalized spacial score (nSPS) is 12.3. The molecule has 0 spiro atoms. The molecule has 0 bridgehead atoms. The van der Waals surface area contributed by atoms with Gasteiger partial charge < -0.3 is 14.1 Å². The summed E-state index contributed by atoms with van der Waals surface area (Å²) in [7, 11) is 1.38. The summed E-state index contributed by atoms with van der Waals surface area (Å²) in [6.45, 7) is 11.6. The first-order valence-corrected chi connectivity index (χ1v) is 13.1. The van der Waals surface area contributed by atoms with Gasteiger partial charge in [0, 0.05) is 0 Å². The first-order valence-electron chi connectivity index (χ1n) is 12.2. The molecule has 39 heavy (non-hydrogen) atoms.